The highest BCUT2D eigenvalue weighted by molar-refractivity contribution is 9.09. The van der Waals surface area contributed by atoms with E-state index in [1.165, 1.54) is 0 Å². The lowest BCUT2D eigenvalue weighted by atomic mass is 10.1. The molecule has 1 heterocycles. The summed E-state index contributed by atoms with van der Waals surface area (Å²) in [7, 11) is 0. The normalized spacial score (nSPS) is 22.4. The highest BCUT2D eigenvalue weighted by Crippen LogP contribution is 2.28. The molecule has 0 aromatic carbocycles. The summed E-state index contributed by atoms with van der Waals surface area (Å²) in [6.45, 7) is 3.63. The second-order valence-corrected chi connectivity index (χ2v) is 3.55. The highest BCUT2D eigenvalue weighted by atomic mass is 79.9. The van der Waals surface area contributed by atoms with Gasteiger partial charge < -0.3 is 9.47 Å². The van der Waals surface area contributed by atoms with Crippen LogP contribution >= 0.6 is 15.9 Å². The van der Waals surface area contributed by atoms with E-state index in [0.717, 1.165) is 37.8 Å². The van der Waals surface area contributed by atoms with E-state index in [1.54, 1.807) is 0 Å². The first-order chi connectivity index (χ1) is 5.33. The van der Waals surface area contributed by atoms with Crippen molar-refractivity contribution >= 4 is 15.9 Å². The van der Waals surface area contributed by atoms with Crippen molar-refractivity contribution in [2.45, 2.75) is 32.0 Å². The molecule has 1 fully saturated rings. The van der Waals surface area contributed by atoms with Crippen LogP contribution in [0.15, 0.2) is 0 Å². The molecule has 2 nitrogen and oxygen atoms in total. The van der Waals surface area contributed by atoms with Gasteiger partial charge in [0.05, 0.1) is 13.2 Å². The van der Waals surface area contributed by atoms with Crippen LogP contribution in [0.25, 0.3) is 0 Å². The number of hydrogen-bond acceptors (Lipinski definition) is 2. The lowest BCUT2D eigenvalue weighted by molar-refractivity contribution is -0.163. The topological polar surface area (TPSA) is 18.5 Å². The largest absolute Gasteiger partial charge is 0.348 e. The van der Waals surface area contributed by atoms with E-state index < -0.39 is 0 Å². The molecule has 0 spiro atoms. The highest BCUT2D eigenvalue weighted by Gasteiger charge is 2.33. The van der Waals surface area contributed by atoms with Crippen LogP contribution in [-0.4, -0.2) is 24.3 Å². The SMILES string of the molecule is CCC1(CCCBr)OCCO1. The molecule has 1 rings (SSSR count). The van der Waals surface area contributed by atoms with Crippen molar-refractivity contribution in [3.63, 3.8) is 0 Å². The Morgan fingerprint density at radius 2 is 2.00 bits per heavy atom. The minimum atomic E-state index is -0.242. The summed E-state index contributed by atoms with van der Waals surface area (Å²) in [6.07, 6.45) is 3.09. The Morgan fingerprint density at radius 1 is 1.36 bits per heavy atom. The number of halogens is 1. The minimum absolute atomic E-state index is 0.242. The Labute approximate surface area is 76.4 Å². The van der Waals surface area contributed by atoms with Gasteiger partial charge in [0.1, 0.15) is 0 Å². The summed E-state index contributed by atoms with van der Waals surface area (Å²) in [4.78, 5) is 0. The van der Waals surface area contributed by atoms with E-state index in [2.05, 4.69) is 22.9 Å². The zero-order chi connectivity index (χ0) is 8.16. The van der Waals surface area contributed by atoms with E-state index >= 15 is 0 Å². The average Bonchev–Trinajstić information content (AvgIpc) is 2.50. The number of rotatable bonds is 4. The van der Waals surface area contributed by atoms with Gasteiger partial charge in [0.15, 0.2) is 5.79 Å². The van der Waals surface area contributed by atoms with Gasteiger partial charge in [-0.1, -0.05) is 22.9 Å². The fourth-order valence-electron chi connectivity index (χ4n) is 1.36. The zero-order valence-corrected chi connectivity index (χ0v) is 8.52. The molecule has 0 atom stereocenters. The summed E-state index contributed by atoms with van der Waals surface area (Å²) >= 11 is 3.40. The first kappa shape index (κ1) is 9.49. The van der Waals surface area contributed by atoms with E-state index in [0.29, 0.717) is 0 Å². The quantitative estimate of drug-likeness (QED) is 0.681. The average molecular weight is 223 g/mol. The molecule has 0 unspecified atom stereocenters. The zero-order valence-electron chi connectivity index (χ0n) is 6.94. The maximum Gasteiger partial charge on any atom is 0.168 e. The van der Waals surface area contributed by atoms with Crippen LogP contribution in [0.4, 0.5) is 0 Å². The van der Waals surface area contributed by atoms with Crippen LogP contribution in [0.1, 0.15) is 26.2 Å². The van der Waals surface area contributed by atoms with Crippen LogP contribution in [0.3, 0.4) is 0 Å². The Kier molecular flexibility index (Phi) is 3.82. The number of hydrogen-bond donors (Lipinski definition) is 0. The summed E-state index contributed by atoms with van der Waals surface area (Å²) < 4.78 is 11.1. The van der Waals surface area contributed by atoms with E-state index in [-0.39, 0.29) is 5.79 Å². The molecule has 66 valence electrons. The third-order valence-corrected chi connectivity index (χ3v) is 2.60. The fraction of sp³-hybridized carbons (Fsp3) is 1.00. The van der Waals surface area contributed by atoms with Gasteiger partial charge in [-0.05, 0) is 12.8 Å². The molecular formula is C8H15BrO2. The van der Waals surface area contributed by atoms with Crippen molar-refractivity contribution in [1.82, 2.24) is 0 Å². The molecule has 0 bridgehead atoms. The van der Waals surface area contributed by atoms with Gasteiger partial charge in [-0.25, -0.2) is 0 Å². The Balaban J connectivity index is 2.33. The van der Waals surface area contributed by atoms with Crippen molar-refractivity contribution in [2.24, 2.45) is 0 Å². The van der Waals surface area contributed by atoms with Crippen molar-refractivity contribution < 1.29 is 9.47 Å². The second kappa shape index (κ2) is 4.43. The molecule has 0 aromatic rings. The van der Waals surface area contributed by atoms with Gasteiger partial charge in [-0.2, -0.15) is 0 Å². The second-order valence-electron chi connectivity index (χ2n) is 2.75. The van der Waals surface area contributed by atoms with E-state index in [1.807, 2.05) is 0 Å². The molecule has 1 aliphatic heterocycles. The van der Waals surface area contributed by atoms with Crippen molar-refractivity contribution in [3.05, 3.63) is 0 Å². The molecule has 11 heavy (non-hydrogen) atoms. The summed E-state index contributed by atoms with van der Waals surface area (Å²) in [5.41, 5.74) is 0. The summed E-state index contributed by atoms with van der Waals surface area (Å²) in [5.74, 6) is -0.242. The monoisotopic (exact) mass is 222 g/mol. The van der Waals surface area contributed by atoms with Crippen LogP contribution in [0, 0.1) is 0 Å². The van der Waals surface area contributed by atoms with Crippen molar-refractivity contribution in [2.75, 3.05) is 18.5 Å². The molecular weight excluding hydrogens is 208 g/mol. The standard InChI is InChI=1S/C8H15BrO2/c1-2-8(4-3-5-9)10-6-7-11-8/h2-7H2,1H3. The maximum atomic E-state index is 5.55. The molecule has 0 aromatic heterocycles. The minimum Gasteiger partial charge on any atom is -0.348 e. The first-order valence-electron chi connectivity index (χ1n) is 4.17. The van der Waals surface area contributed by atoms with Gasteiger partial charge in [0.2, 0.25) is 0 Å². The lowest BCUT2D eigenvalue weighted by Crippen LogP contribution is -2.28. The van der Waals surface area contributed by atoms with Crippen LogP contribution < -0.4 is 0 Å². The number of ether oxygens (including phenoxy) is 2. The molecule has 0 N–H and O–H groups in total. The van der Waals surface area contributed by atoms with Crippen LogP contribution in [-0.2, 0) is 9.47 Å². The molecule has 3 heteroatoms. The van der Waals surface area contributed by atoms with Crippen molar-refractivity contribution in [1.29, 1.82) is 0 Å². The van der Waals surface area contributed by atoms with E-state index in [9.17, 15) is 0 Å². The van der Waals surface area contributed by atoms with Gasteiger partial charge in [-0.15, -0.1) is 0 Å². The summed E-state index contributed by atoms with van der Waals surface area (Å²) in [6, 6.07) is 0. The van der Waals surface area contributed by atoms with Gasteiger partial charge >= 0.3 is 0 Å². The third-order valence-electron chi connectivity index (χ3n) is 2.04. The molecule has 1 saturated heterocycles. The number of alkyl halides is 1. The predicted octanol–water partition coefficient (Wildman–Crippen LogP) is 2.31. The smallest absolute Gasteiger partial charge is 0.168 e. The van der Waals surface area contributed by atoms with Crippen LogP contribution in [0.2, 0.25) is 0 Å². The first-order valence-corrected chi connectivity index (χ1v) is 5.29. The Morgan fingerprint density at radius 3 is 2.45 bits per heavy atom. The van der Waals surface area contributed by atoms with Crippen molar-refractivity contribution in [3.8, 4) is 0 Å². The maximum absolute atomic E-state index is 5.55. The lowest BCUT2D eigenvalue weighted by Gasteiger charge is -2.25. The third kappa shape index (κ3) is 2.42. The summed E-state index contributed by atoms with van der Waals surface area (Å²) in [5, 5.41) is 1.03. The van der Waals surface area contributed by atoms with Gasteiger partial charge in [0.25, 0.3) is 0 Å². The van der Waals surface area contributed by atoms with E-state index in [4.69, 9.17) is 9.47 Å². The molecule has 1 aliphatic rings. The Hall–Kier alpha value is 0.400. The van der Waals surface area contributed by atoms with Gasteiger partial charge in [0, 0.05) is 11.8 Å². The molecule has 0 amide bonds. The molecule has 0 radical (unpaired) electrons. The molecule has 0 saturated carbocycles. The van der Waals surface area contributed by atoms with Gasteiger partial charge in [-0.3, -0.25) is 0 Å². The fourth-order valence-corrected chi connectivity index (χ4v) is 1.64. The van der Waals surface area contributed by atoms with Crippen LogP contribution in [0.5, 0.6) is 0 Å². The Bertz CT molecular complexity index is 111. The molecule has 0 aliphatic carbocycles. The predicted molar refractivity (Wildman–Crippen MR) is 48.0 cm³/mol.